The van der Waals surface area contributed by atoms with Gasteiger partial charge in [0.15, 0.2) is 0 Å². The summed E-state index contributed by atoms with van der Waals surface area (Å²) in [5.41, 5.74) is 2.28. The molecule has 0 aliphatic heterocycles. The van der Waals surface area contributed by atoms with Crippen LogP contribution < -0.4 is 16.6 Å². The number of fused-ring (bicyclic) bond motifs is 1. The zero-order chi connectivity index (χ0) is 26.2. The third-order valence-corrected chi connectivity index (χ3v) is 6.37. The molecule has 0 saturated heterocycles. The average molecular weight is 495 g/mol. The molecule has 0 radical (unpaired) electrons. The molecule has 0 spiro atoms. The topological polar surface area (TPSA) is 61.0 Å². The molecule has 0 aliphatic rings. The molecule has 190 valence electrons. The average Bonchev–Trinajstić information content (AvgIpc) is 3.13. The number of benzene rings is 2. The predicted molar refractivity (Wildman–Crippen MR) is 140 cm³/mol. The molecule has 0 atom stereocenters. The van der Waals surface area contributed by atoms with Crippen LogP contribution in [-0.4, -0.2) is 13.7 Å². The number of aryl methyl sites for hydroxylation is 1. The molecular formula is C28H32F2N4O2. The first-order chi connectivity index (χ1) is 17.0. The SMILES string of the molecule is CCc1c2c(c(Nc3ccccc3)n1Cc1ccc(C(C)(F)F)cc1)c(=O)n(C)c(=O)n2CC(C)C. The fourth-order valence-corrected chi connectivity index (χ4v) is 4.62. The number of halogens is 2. The van der Waals surface area contributed by atoms with Crippen molar-refractivity contribution in [2.75, 3.05) is 5.32 Å². The highest BCUT2D eigenvalue weighted by atomic mass is 19.3. The van der Waals surface area contributed by atoms with Gasteiger partial charge < -0.3 is 9.88 Å². The van der Waals surface area contributed by atoms with E-state index in [-0.39, 0.29) is 22.7 Å². The van der Waals surface area contributed by atoms with Crippen molar-refractivity contribution in [3.8, 4) is 0 Å². The highest BCUT2D eigenvalue weighted by molar-refractivity contribution is 5.95. The zero-order valence-corrected chi connectivity index (χ0v) is 21.3. The van der Waals surface area contributed by atoms with Crippen LogP contribution in [0.15, 0.2) is 64.2 Å². The summed E-state index contributed by atoms with van der Waals surface area (Å²) in [5, 5.41) is 3.85. The van der Waals surface area contributed by atoms with Crippen molar-refractivity contribution in [2.24, 2.45) is 13.0 Å². The van der Waals surface area contributed by atoms with E-state index in [1.165, 1.54) is 19.2 Å². The molecule has 0 unspecified atom stereocenters. The molecule has 0 amide bonds. The second-order valence-electron chi connectivity index (χ2n) is 9.69. The van der Waals surface area contributed by atoms with Crippen LogP contribution in [0.4, 0.5) is 20.3 Å². The van der Waals surface area contributed by atoms with Gasteiger partial charge in [0.25, 0.3) is 11.5 Å². The molecule has 4 rings (SSSR count). The van der Waals surface area contributed by atoms with Crippen LogP contribution in [0.2, 0.25) is 0 Å². The molecule has 1 N–H and O–H groups in total. The number of anilines is 2. The van der Waals surface area contributed by atoms with E-state index in [2.05, 4.69) is 5.32 Å². The molecule has 0 fully saturated rings. The second kappa shape index (κ2) is 9.76. The summed E-state index contributed by atoms with van der Waals surface area (Å²) in [6.45, 7) is 7.73. The van der Waals surface area contributed by atoms with Crippen molar-refractivity contribution < 1.29 is 8.78 Å². The molecule has 2 aromatic carbocycles. The number of hydrogen-bond donors (Lipinski definition) is 1. The van der Waals surface area contributed by atoms with Gasteiger partial charge >= 0.3 is 5.69 Å². The van der Waals surface area contributed by atoms with E-state index in [0.29, 0.717) is 36.2 Å². The van der Waals surface area contributed by atoms with Gasteiger partial charge in [-0.25, -0.2) is 13.6 Å². The van der Waals surface area contributed by atoms with Crippen molar-refractivity contribution in [3.05, 3.63) is 92.3 Å². The molecule has 6 nitrogen and oxygen atoms in total. The van der Waals surface area contributed by atoms with Crippen LogP contribution >= 0.6 is 0 Å². The Morgan fingerprint density at radius 2 is 1.61 bits per heavy atom. The predicted octanol–water partition coefficient (Wildman–Crippen LogP) is 5.62. The molecule has 0 bridgehead atoms. The lowest BCUT2D eigenvalue weighted by atomic mass is 10.1. The normalized spacial score (nSPS) is 12.0. The molecule has 2 heterocycles. The van der Waals surface area contributed by atoms with Crippen LogP contribution in [0.1, 0.15) is 44.5 Å². The van der Waals surface area contributed by atoms with Gasteiger partial charge in [-0.1, -0.05) is 63.2 Å². The van der Waals surface area contributed by atoms with Gasteiger partial charge in [-0.05, 0) is 30.0 Å². The van der Waals surface area contributed by atoms with E-state index in [4.69, 9.17) is 0 Å². The fraction of sp³-hybridized carbons (Fsp3) is 0.357. The summed E-state index contributed by atoms with van der Waals surface area (Å²) in [6, 6.07) is 15.7. The Labute approximate surface area is 208 Å². The largest absolute Gasteiger partial charge is 0.341 e. The van der Waals surface area contributed by atoms with Crippen molar-refractivity contribution in [1.29, 1.82) is 0 Å². The van der Waals surface area contributed by atoms with Gasteiger partial charge in [0, 0.05) is 44.0 Å². The molecule has 0 aliphatic carbocycles. The number of alkyl halides is 2. The van der Waals surface area contributed by atoms with Crippen LogP contribution in [0.25, 0.3) is 10.9 Å². The molecule has 2 aromatic heterocycles. The smallest absolute Gasteiger partial charge is 0.331 e. The monoisotopic (exact) mass is 494 g/mol. The summed E-state index contributed by atoms with van der Waals surface area (Å²) >= 11 is 0. The highest BCUT2D eigenvalue weighted by Gasteiger charge is 2.26. The van der Waals surface area contributed by atoms with Crippen LogP contribution in [0.5, 0.6) is 0 Å². The Kier molecular flexibility index (Phi) is 6.89. The number of nitrogens with zero attached hydrogens (tertiary/aromatic N) is 3. The van der Waals surface area contributed by atoms with Gasteiger partial charge in [0.05, 0.1) is 5.52 Å². The van der Waals surface area contributed by atoms with Gasteiger partial charge in [-0.3, -0.25) is 13.9 Å². The lowest BCUT2D eigenvalue weighted by molar-refractivity contribution is 0.0174. The van der Waals surface area contributed by atoms with E-state index < -0.39 is 5.92 Å². The molecule has 0 saturated carbocycles. The third kappa shape index (κ3) is 4.72. The highest BCUT2D eigenvalue weighted by Crippen LogP contribution is 2.32. The quantitative estimate of drug-likeness (QED) is 0.346. The molecule has 8 heteroatoms. The first-order valence-electron chi connectivity index (χ1n) is 12.2. The van der Waals surface area contributed by atoms with Crippen molar-refractivity contribution in [3.63, 3.8) is 0 Å². The Bertz CT molecular complexity index is 1490. The van der Waals surface area contributed by atoms with E-state index in [1.807, 2.05) is 55.7 Å². The first kappa shape index (κ1) is 25.4. The third-order valence-electron chi connectivity index (χ3n) is 6.37. The second-order valence-corrected chi connectivity index (χ2v) is 9.69. The number of rotatable bonds is 8. The molecule has 36 heavy (non-hydrogen) atoms. The summed E-state index contributed by atoms with van der Waals surface area (Å²) in [7, 11) is 1.50. The van der Waals surface area contributed by atoms with Gasteiger partial charge in [0.2, 0.25) is 0 Å². The maximum atomic E-state index is 13.8. The summed E-state index contributed by atoms with van der Waals surface area (Å²) < 4.78 is 32.4. The van der Waals surface area contributed by atoms with E-state index in [0.717, 1.165) is 28.4 Å². The minimum absolute atomic E-state index is 0.0538. The number of nitrogens with one attached hydrogen (secondary N) is 1. The Hall–Kier alpha value is -3.68. The number of hydrogen-bond acceptors (Lipinski definition) is 3. The summed E-state index contributed by atoms with van der Waals surface area (Å²) in [4.78, 5) is 26.7. The minimum Gasteiger partial charge on any atom is -0.341 e. The van der Waals surface area contributed by atoms with Crippen molar-refractivity contribution >= 4 is 22.4 Å². The maximum Gasteiger partial charge on any atom is 0.331 e. The number of para-hydroxylation sites is 1. The van der Waals surface area contributed by atoms with E-state index in [1.54, 1.807) is 16.7 Å². The lowest BCUT2D eigenvalue weighted by Crippen LogP contribution is -2.38. The van der Waals surface area contributed by atoms with Crippen LogP contribution in [0, 0.1) is 5.92 Å². The lowest BCUT2D eigenvalue weighted by Gasteiger charge is -2.16. The van der Waals surface area contributed by atoms with Gasteiger partial charge in [0.1, 0.15) is 11.2 Å². The van der Waals surface area contributed by atoms with E-state index in [9.17, 15) is 18.4 Å². The molecular weight excluding hydrogens is 462 g/mol. The Morgan fingerprint density at radius 1 is 0.972 bits per heavy atom. The molecule has 4 aromatic rings. The van der Waals surface area contributed by atoms with Gasteiger partial charge in [-0.15, -0.1) is 0 Å². The van der Waals surface area contributed by atoms with Crippen LogP contribution in [0.3, 0.4) is 0 Å². The minimum atomic E-state index is -2.92. The van der Waals surface area contributed by atoms with E-state index >= 15 is 0 Å². The Morgan fingerprint density at radius 3 is 2.17 bits per heavy atom. The first-order valence-corrected chi connectivity index (χ1v) is 12.2. The fourth-order valence-electron chi connectivity index (χ4n) is 4.62. The van der Waals surface area contributed by atoms with Gasteiger partial charge in [-0.2, -0.15) is 0 Å². The Balaban J connectivity index is 2.01. The van der Waals surface area contributed by atoms with Crippen molar-refractivity contribution in [2.45, 2.75) is 53.1 Å². The zero-order valence-electron chi connectivity index (χ0n) is 21.3. The summed E-state index contributed by atoms with van der Waals surface area (Å²) in [6.07, 6.45) is 0.572. The standard InChI is InChI=1S/C28H32F2N4O2/c1-6-22-24-23(26(35)32(5)27(36)34(24)16-18(2)3)25(31-21-10-8-7-9-11-21)33(22)17-19-12-14-20(15-13-19)28(4,29)30/h7-15,18,31H,6,16-17H2,1-5H3. The maximum absolute atomic E-state index is 13.8. The van der Waals surface area contributed by atoms with Crippen molar-refractivity contribution in [1.82, 2.24) is 13.7 Å². The van der Waals surface area contributed by atoms with Crippen LogP contribution in [-0.2, 0) is 32.5 Å². The number of aromatic nitrogens is 3. The summed E-state index contributed by atoms with van der Waals surface area (Å²) in [5.74, 6) is -2.16.